The van der Waals surface area contributed by atoms with Gasteiger partial charge in [0, 0.05) is 5.69 Å². The molecule has 0 aliphatic heterocycles. The van der Waals surface area contributed by atoms with Gasteiger partial charge in [-0.3, -0.25) is 4.79 Å². The highest BCUT2D eigenvalue weighted by molar-refractivity contribution is 5.99. The van der Waals surface area contributed by atoms with Crippen molar-refractivity contribution in [2.24, 2.45) is 0 Å². The average Bonchev–Trinajstić information content (AvgIpc) is 2.18. The Morgan fingerprint density at radius 1 is 1.57 bits per heavy atom. The zero-order chi connectivity index (χ0) is 10.6. The molecule has 0 fully saturated rings. The van der Waals surface area contributed by atoms with Crippen molar-refractivity contribution in [3.8, 4) is 0 Å². The van der Waals surface area contributed by atoms with Crippen molar-refractivity contribution in [3.05, 3.63) is 42.0 Å². The second-order valence-corrected chi connectivity index (χ2v) is 3.15. The third-order valence-electron chi connectivity index (χ3n) is 2.21. The number of nitrogens with one attached hydrogen (secondary N) is 1. The highest BCUT2D eigenvalue weighted by atomic mass is 16.1. The van der Waals surface area contributed by atoms with Gasteiger partial charge in [-0.2, -0.15) is 0 Å². The number of amides is 1. The van der Waals surface area contributed by atoms with Crippen molar-refractivity contribution in [2.45, 2.75) is 20.3 Å². The highest BCUT2D eigenvalue weighted by Crippen LogP contribution is 2.19. The number of carbonyl (C=O) groups excluding carboxylic acids is 1. The molecule has 0 aromatic heterocycles. The second-order valence-electron chi connectivity index (χ2n) is 3.15. The van der Waals surface area contributed by atoms with E-state index in [9.17, 15) is 4.79 Å². The van der Waals surface area contributed by atoms with Crippen molar-refractivity contribution >= 4 is 11.6 Å². The Balaban J connectivity index is 3.01. The lowest BCUT2D eigenvalue weighted by atomic mass is 10.0. The zero-order valence-corrected chi connectivity index (χ0v) is 8.63. The Labute approximate surface area is 84.6 Å². The summed E-state index contributed by atoms with van der Waals surface area (Å²) in [4.78, 5) is 11.1. The smallest absolute Gasteiger partial charge is 0.247 e. The predicted molar refractivity (Wildman–Crippen MR) is 59.4 cm³/mol. The van der Waals surface area contributed by atoms with Crippen molar-refractivity contribution in [1.82, 2.24) is 0 Å². The molecular weight excluding hydrogens is 174 g/mol. The molecule has 0 aliphatic rings. The second kappa shape index (κ2) is 4.61. The maximum atomic E-state index is 11.1. The van der Waals surface area contributed by atoms with Gasteiger partial charge in [0.05, 0.1) is 0 Å². The molecule has 0 saturated carbocycles. The van der Waals surface area contributed by atoms with Crippen LogP contribution in [-0.2, 0) is 11.2 Å². The van der Waals surface area contributed by atoms with E-state index in [2.05, 4.69) is 18.8 Å². The molecule has 0 spiro atoms. The molecule has 0 unspecified atom stereocenters. The third-order valence-corrected chi connectivity index (χ3v) is 2.21. The molecule has 2 nitrogen and oxygen atoms in total. The van der Waals surface area contributed by atoms with Gasteiger partial charge in [0.25, 0.3) is 0 Å². The third kappa shape index (κ3) is 2.22. The number of carbonyl (C=O) groups is 1. The summed E-state index contributed by atoms with van der Waals surface area (Å²) in [5, 5.41) is 2.79. The number of benzene rings is 1. The number of anilines is 1. The van der Waals surface area contributed by atoms with E-state index in [0.29, 0.717) is 0 Å². The van der Waals surface area contributed by atoms with E-state index in [1.54, 1.807) is 0 Å². The monoisotopic (exact) mass is 189 g/mol. The van der Waals surface area contributed by atoms with Crippen LogP contribution in [0.25, 0.3) is 0 Å². The summed E-state index contributed by atoms with van der Waals surface area (Å²) >= 11 is 0. The lowest BCUT2D eigenvalue weighted by Gasteiger charge is -2.10. The molecule has 0 heterocycles. The van der Waals surface area contributed by atoms with Crippen LogP contribution in [0.5, 0.6) is 0 Å². The minimum atomic E-state index is -0.162. The van der Waals surface area contributed by atoms with Crippen molar-refractivity contribution in [3.63, 3.8) is 0 Å². The van der Waals surface area contributed by atoms with Gasteiger partial charge >= 0.3 is 0 Å². The molecule has 0 saturated heterocycles. The standard InChI is InChI=1S/C12H15NO/c1-4-10-9(3)7-6-8-11(10)13-12(14)5-2/h5-8H,2,4H2,1,3H3,(H,13,14). The van der Waals surface area contributed by atoms with Crippen LogP contribution < -0.4 is 5.32 Å². The molecule has 74 valence electrons. The quantitative estimate of drug-likeness (QED) is 0.728. The lowest BCUT2D eigenvalue weighted by molar-refractivity contribution is -0.111. The first kappa shape index (κ1) is 10.5. The fourth-order valence-corrected chi connectivity index (χ4v) is 1.47. The minimum absolute atomic E-state index is 0.162. The van der Waals surface area contributed by atoms with E-state index in [1.807, 2.05) is 25.1 Å². The summed E-state index contributed by atoms with van der Waals surface area (Å²) in [6.07, 6.45) is 2.20. The van der Waals surface area contributed by atoms with E-state index in [-0.39, 0.29) is 5.91 Å². The van der Waals surface area contributed by atoms with Gasteiger partial charge in [0.15, 0.2) is 0 Å². The lowest BCUT2D eigenvalue weighted by Crippen LogP contribution is -2.09. The first-order valence-electron chi connectivity index (χ1n) is 4.71. The van der Waals surface area contributed by atoms with Gasteiger partial charge in [-0.15, -0.1) is 0 Å². The zero-order valence-electron chi connectivity index (χ0n) is 8.63. The van der Waals surface area contributed by atoms with Gasteiger partial charge in [0.2, 0.25) is 5.91 Å². The summed E-state index contributed by atoms with van der Waals surface area (Å²) in [5.74, 6) is -0.162. The van der Waals surface area contributed by atoms with Crippen LogP contribution in [0.15, 0.2) is 30.9 Å². The van der Waals surface area contributed by atoms with Crippen LogP contribution >= 0.6 is 0 Å². The molecule has 0 aliphatic carbocycles. The van der Waals surface area contributed by atoms with Gasteiger partial charge < -0.3 is 5.32 Å². The normalized spacial score (nSPS) is 9.57. The van der Waals surface area contributed by atoms with Crippen molar-refractivity contribution in [2.75, 3.05) is 5.32 Å². The number of aryl methyl sites for hydroxylation is 1. The highest BCUT2D eigenvalue weighted by Gasteiger charge is 2.04. The molecule has 1 rings (SSSR count). The van der Waals surface area contributed by atoms with Crippen molar-refractivity contribution < 1.29 is 4.79 Å². The van der Waals surface area contributed by atoms with E-state index in [0.717, 1.165) is 12.1 Å². The summed E-state index contributed by atoms with van der Waals surface area (Å²) in [5.41, 5.74) is 3.27. The van der Waals surface area contributed by atoms with Gasteiger partial charge in [-0.1, -0.05) is 25.6 Å². The van der Waals surface area contributed by atoms with Gasteiger partial charge in [0.1, 0.15) is 0 Å². The Morgan fingerprint density at radius 3 is 2.86 bits per heavy atom. The summed E-state index contributed by atoms with van der Waals surface area (Å²) in [6, 6.07) is 5.89. The molecule has 14 heavy (non-hydrogen) atoms. The van der Waals surface area contributed by atoms with Crippen LogP contribution in [0, 0.1) is 6.92 Å². The molecular formula is C12H15NO. The Hall–Kier alpha value is -1.57. The summed E-state index contributed by atoms with van der Waals surface area (Å²) < 4.78 is 0. The van der Waals surface area contributed by atoms with E-state index in [4.69, 9.17) is 0 Å². The Bertz CT molecular complexity index is 355. The number of hydrogen-bond acceptors (Lipinski definition) is 1. The number of hydrogen-bond donors (Lipinski definition) is 1. The molecule has 0 radical (unpaired) electrons. The molecule has 1 aromatic carbocycles. The molecule has 0 atom stereocenters. The van der Waals surface area contributed by atoms with E-state index < -0.39 is 0 Å². The van der Waals surface area contributed by atoms with Crippen molar-refractivity contribution in [1.29, 1.82) is 0 Å². The van der Waals surface area contributed by atoms with Crippen LogP contribution in [0.3, 0.4) is 0 Å². The first-order chi connectivity index (χ1) is 6.69. The maximum Gasteiger partial charge on any atom is 0.247 e. The average molecular weight is 189 g/mol. The Morgan fingerprint density at radius 2 is 2.29 bits per heavy atom. The fraction of sp³-hybridized carbons (Fsp3) is 0.250. The van der Waals surface area contributed by atoms with E-state index >= 15 is 0 Å². The maximum absolute atomic E-state index is 11.1. The molecule has 1 amide bonds. The van der Waals surface area contributed by atoms with Crippen LogP contribution in [0.1, 0.15) is 18.1 Å². The van der Waals surface area contributed by atoms with Crippen LogP contribution in [-0.4, -0.2) is 5.91 Å². The molecule has 1 N–H and O–H groups in total. The Kier molecular flexibility index (Phi) is 3.46. The predicted octanol–water partition coefficient (Wildman–Crippen LogP) is 2.68. The molecule has 1 aromatic rings. The SMILES string of the molecule is C=CC(=O)Nc1cccc(C)c1CC. The fourth-order valence-electron chi connectivity index (χ4n) is 1.47. The largest absolute Gasteiger partial charge is 0.322 e. The van der Waals surface area contributed by atoms with E-state index in [1.165, 1.54) is 17.2 Å². The first-order valence-corrected chi connectivity index (χ1v) is 4.71. The number of rotatable bonds is 3. The van der Waals surface area contributed by atoms with Gasteiger partial charge in [-0.05, 0) is 36.6 Å². The summed E-state index contributed by atoms with van der Waals surface area (Å²) in [6.45, 7) is 7.54. The van der Waals surface area contributed by atoms with Crippen LogP contribution in [0.2, 0.25) is 0 Å². The summed E-state index contributed by atoms with van der Waals surface area (Å²) in [7, 11) is 0. The topological polar surface area (TPSA) is 29.1 Å². The molecule has 0 bridgehead atoms. The molecule has 2 heteroatoms. The minimum Gasteiger partial charge on any atom is -0.322 e. The van der Waals surface area contributed by atoms with Gasteiger partial charge in [-0.25, -0.2) is 0 Å². The van der Waals surface area contributed by atoms with Crippen LogP contribution in [0.4, 0.5) is 5.69 Å².